The van der Waals surface area contributed by atoms with Gasteiger partial charge in [0.2, 0.25) is 0 Å². The molecule has 1 aliphatic carbocycles. The molecule has 0 aromatic heterocycles. The zero-order valence-electron chi connectivity index (χ0n) is 10.9. The molecule has 0 aliphatic heterocycles. The van der Waals surface area contributed by atoms with Gasteiger partial charge in [-0.2, -0.15) is 4.84 Å². The first-order valence-electron chi connectivity index (χ1n) is 6.34. The Kier molecular flexibility index (Phi) is 3.27. The predicted molar refractivity (Wildman–Crippen MR) is 73.1 cm³/mol. The van der Waals surface area contributed by atoms with E-state index in [-0.39, 0.29) is 12.5 Å². The normalized spacial score (nSPS) is 12.4. The van der Waals surface area contributed by atoms with Crippen molar-refractivity contribution >= 4 is 6.16 Å². The highest BCUT2D eigenvalue weighted by atomic mass is 17.0. The fraction of sp³-hybridized carbons (Fsp3) is 0.133. The van der Waals surface area contributed by atoms with Crippen LogP contribution in [0.3, 0.4) is 0 Å². The highest BCUT2D eigenvalue weighted by Crippen LogP contribution is 2.44. The van der Waals surface area contributed by atoms with E-state index in [9.17, 15) is 14.9 Å². The van der Waals surface area contributed by atoms with Gasteiger partial charge in [-0.05, 0) is 22.3 Å². The average Bonchev–Trinajstić information content (AvgIpc) is 2.79. The van der Waals surface area contributed by atoms with Crippen molar-refractivity contribution < 1.29 is 19.5 Å². The molecule has 21 heavy (non-hydrogen) atoms. The Morgan fingerprint density at radius 3 is 2.10 bits per heavy atom. The zero-order chi connectivity index (χ0) is 14.8. The number of hydrogen-bond acceptors (Lipinski definition) is 5. The quantitative estimate of drug-likeness (QED) is 0.491. The second kappa shape index (κ2) is 5.24. The molecule has 3 rings (SSSR count). The van der Waals surface area contributed by atoms with Gasteiger partial charge in [-0.25, -0.2) is 4.79 Å². The van der Waals surface area contributed by atoms with Crippen molar-refractivity contribution in [3.05, 3.63) is 69.8 Å². The molecule has 0 N–H and O–H groups in total. The standard InChI is InChI=1S/C15H11NO5/c17-15(21-16(18)19)20-9-14-12-7-3-1-5-10(12)11-6-2-4-8-13(11)14/h1-8,14H,9H2. The molecule has 0 amide bonds. The Labute approximate surface area is 120 Å². The molecule has 2 aromatic rings. The van der Waals surface area contributed by atoms with Crippen molar-refractivity contribution in [2.24, 2.45) is 0 Å². The van der Waals surface area contributed by atoms with E-state index in [4.69, 9.17) is 4.74 Å². The number of ether oxygens (including phenoxy) is 1. The Bertz CT molecular complexity index is 667. The zero-order valence-corrected chi connectivity index (χ0v) is 10.9. The van der Waals surface area contributed by atoms with Crippen LogP contribution in [0.25, 0.3) is 11.1 Å². The van der Waals surface area contributed by atoms with Gasteiger partial charge in [-0.3, -0.25) is 0 Å². The molecule has 2 aromatic carbocycles. The van der Waals surface area contributed by atoms with E-state index in [0.29, 0.717) is 0 Å². The Balaban J connectivity index is 1.85. The second-order valence-corrected chi connectivity index (χ2v) is 4.60. The molecule has 0 fully saturated rings. The monoisotopic (exact) mass is 285 g/mol. The van der Waals surface area contributed by atoms with Crippen LogP contribution in [0.5, 0.6) is 0 Å². The molecule has 0 unspecified atom stereocenters. The molecule has 0 saturated heterocycles. The molecule has 106 valence electrons. The summed E-state index contributed by atoms with van der Waals surface area (Å²) in [6, 6.07) is 15.6. The molecule has 6 heteroatoms. The first-order chi connectivity index (χ1) is 10.2. The lowest BCUT2D eigenvalue weighted by atomic mass is 9.98. The maximum Gasteiger partial charge on any atom is 0.486 e. The van der Waals surface area contributed by atoms with Crippen LogP contribution in [-0.4, -0.2) is 17.8 Å². The number of nitrogens with zero attached hydrogens (tertiary/aromatic N) is 1. The predicted octanol–water partition coefficient (Wildman–Crippen LogP) is 3.14. The van der Waals surface area contributed by atoms with Gasteiger partial charge in [0.05, 0.1) is 0 Å². The van der Waals surface area contributed by atoms with Crippen LogP contribution in [0.2, 0.25) is 0 Å². The number of rotatable bonds is 3. The van der Waals surface area contributed by atoms with E-state index in [1.807, 2.05) is 48.5 Å². The summed E-state index contributed by atoms with van der Waals surface area (Å²) in [4.78, 5) is 25.0. The van der Waals surface area contributed by atoms with Crippen LogP contribution in [-0.2, 0) is 9.57 Å². The van der Waals surface area contributed by atoms with Crippen molar-refractivity contribution in [2.45, 2.75) is 5.92 Å². The minimum absolute atomic E-state index is 0.000694. The summed E-state index contributed by atoms with van der Waals surface area (Å²) in [6.45, 7) is 0.000694. The molecule has 0 spiro atoms. The van der Waals surface area contributed by atoms with Gasteiger partial charge < -0.3 is 4.74 Å². The summed E-state index contributed by atoms with van der Waals surface area (Å²) in [7, 11) is 0. The van der Waals surface area contributed by atoms with Crippen LogP contribution in [0.4, 0.5) is 4.79 Å². The van der Waals surface area contributed by atoms with Crippen molar-refractivity contribution in [3.8, 4) is 11.1 Å². The third kappa shape index (κ3) is 2.43. The topological polar surface area (TPSA) is 78.7 Å². The summed E-state index contributed by atoms with van der Waals surface area (Å²) >= 11 is 0. The van der Waals surface area contributed by atoms with E-state index in [2.05, 4.69) is 4.84 Å². The van der Waals surface area contributed by atoms with Gasteiger partial charge in [-0.1, -0.05) is 48.5 Å². The van der Waals surface area contributed by atoms with Gasteiger partial charge in [0.25, 0.3) is 0 Å². The van der Waals surface area contributed by atoms with Crippen molar-refractivity contribution in [1.82, 2.24) is 0 Å². The first-order valence-corrected chi connectivity index (χ1v) is 6.34. The first kappa shape index (κ1) is 13.1. The van der Waals surface area contributed by atoms with E-state index < -0.39 is 11.2 Å². The van der Waals surface area contributed by atoms with Gasteiger partial charge in [-0.15, -0.1) is 10.1 Å². The second-order valence-electron chi connectivity index (χ2n) is 4.60. The summed E-state index contributed by atoms with van der Waals surface area (Å²) < 4.78 is 4.85. The van der Waals surface area contributed by atoms with E-state index in [0.717, 1.165) is 22.3 Å². The van der Waals surface area contributed by atoms with E-state index in [1.165, 1.54) is 0 Å². The lowest BCUT2D eigenvalue weighted by Crippen LogP contribution is -2.16. The summed E-state index contributed by atoms with van der Waals surface area (Å²) in [5, 5.41) is 8.90. The third-order valence-electron chi connectivity index (χ3n) is 3.48. The van der Waals surface area contributed by atoms with Crippen LogP contribution in [0.15, 0.2) is 48.5 Å². The number of benzene rings is 2. The number of carbonyl (C=O) groups is 1. The Morgan fingerprint density at radius 1 is 1.05 bits per heavy atom. The molecule has 0 bridgehead atoms. The third-order valence-corrected chi connectivity index (χ3v) is 3.48. The molecule has 1 aliphatic rings. The lowest BCUT2D eigenvalue weighted by molar-refractivity contribution is -0.730. The van der Waals surface area contributed by atoms with Crippen molar-refractivity contribution in [3.63, 3.8) is 0 Å². The van der Waals surface area contributed by atoms with Gasteiger partial charge in [0, 0.05) is 5.92 Å². The summed E-state index contributed by atoms with van der Waals surface area (Å²) in [6.07, 6.45) is -1.30. The number of hydrogen-bond donors (Lipinski definition) is 0. The number of fused-ring (bicyclic) bond motifs is 3. The molecular weight excluding hydrogens is 274 g/mol. The SMILES string of the molecule is O=C(OCC1c2ccccc2-c2ccccc21)O[N+](=O)[O-]. The van der Waals surface area contributed by atoms with Crippen LogP contribution < -0.4 is 0 Å². The van der Waals surface area contributed by atoms with E-state index in [1.54, 1.807) is 0 Å². The largest absolute Gasteiger partial charge is 0.486 e. The maximum atomic E-state index is 11.1. The van der Waals surface area contributed by atoms with Crippen LogP contribution >= 0.6 is 0 Å². The summed E-state index contributed by atoms with van der Waals surface area (Å²) in [5.41, 5.74) is 4.24. The van der Waals surface area contributed by atoms with Crippen LogP contribution in [0.1, 0.15) is 17.0 Å². The Hall–Kier alpha value is -2.89. The van der Waals surface area contributed by atoms with E-state index >= 15 is 0 Å². The maximum absolute atomic E-state index is 11.1. The van der Waals surface area contributed by atoms with Crippen molar-refractivity contribution in [2.75, 3.05) is 6.61 Å². The minimum Gasteiger partial charge on any atom is -0.445 e. The molecule has 0 atom stereocenters. The highest BCUT2D eigenvalue weighted by molar-refractivity contribution is 5.78. The molecule has 0 saturated carbocycles. The van der Waals surface area contributed by atoms with Crippen molar-refractivity contribution in [1.29, 1.82) is 0 Å². The molecule has 6 nitrogen and oxygen atoms in total. The smallest absolute Gasteiger partial charge is 0.445 e. The van der Waals surface area contributed by atoms with Crippen LogP contribution in [0, 0.1) is 10.1 Å². The molecular formula is C15H11NO5. The molecule has 0 heterocycles. The van der Waals surface area contributed by atoms with Gasteiger partial charge in [0.1, 0.15) is 6.61 Å². The Morgan fingerprint density at radius 2 is 1.57 bits per heavy atom. The lowest BCUT2D eigenvalue weighted by Gasteiger charge is -2.13. The molecule has 0 radical (unpaired) electrons. The minimum atomic E-state index is -1.30. The highest BCUT2D eigenvalue weighted by Gasteiger charge is 2.29. The number of carbonyl (C=O) groups excluding carboxylic acids is 1. The van der Waals surface area contributed by atoms with Gasteiger partial charge in [0.15, 0.2) is 0 Å². The fourth-order valence-corrected chi connectivity index (χ4v) is 2.68. The fourth-order valence-electron chi connectivity index (χ4n) is 2.68. The van der Waals surface area contributed by atoms with Gasteiger partial charge >= 0.3 is 11.2 Å². The summed E-state index contributed by atoms with van der Waals surface area (Å²) in [5.74, 6) is -0.142. The average molecular weight is 285 g/mol.